The van der Waals surface area contributed by atoms with Gasteiger partial charge in [-0.3, -0.25) is 4.79 Å². The minimum atomic E-state index is -3.27. The van der Waals surface area contributed by atoms with Crippen LogP contribution in [0.15, 0.2) is 0 Å². The second kappa shape index (κ2) is 4.72. The van der Waals surface area contributed by atoms with Gasteiger partial charge in [0, 0.05) is 12.1 Å². The first-order chi connectivity index (χ1) is 6.12. The lowest BCUT2D eigenvalue weighted by molar-refractivity contribution is -0.135. The third-order valence-electron chi connectivity index (χ3n) is 1.30. The fourth-order valence-corrected chi connectivity index (χ4v) is 2.10. The molecule has 0 atom stereocenters. The van der Waals surface area contributed by atoms with Gasteiger partial charge in [-0.25, -0.2) is 13.1 Å². The van der Waals surface area contributed by atoms with Crippen LogP contribution in [0.5, 0.6) is 0 Å². The van der Waals surface area contributed by atoms with Crippen molar-refractivity contribution in [3.05, 3.63) is 0 Å². The molecule has 0 aliphatic heterocycles. The van der Waals surface area contributed by atoms with Crippen molar-refractivity contribution in [1.29, 1.82) is 0 Å². The van der Waals surface area contributed by atoms with Crippen LogP contribution in [-0.2, 0) is 14.8 Å². The summed E-state index contributed by atoms with van der Waals surface area (Å²) in [7, 11) is -3.27. The van der Waals surface area contributed by atoms with Crippen LogP contribution in [0.4, 0.5) is 0 Å². The summed E-state index contributed by atoms with van der Waals surface area (Å²) >= 11 is 0. The first kappa shape index (κ1) is 13.3. The van der Waals surface area contributed by atoms with E-state index < -0.39 is 21.5 Å². The second-order valence-corrected chi connectivity index (χ2v) is 5.50. The summed E-state index contributed by atoms with van der Waals surface area (Å²) in [5.74, 6) is -0.972. The van der Waals surface area contributed by atoms with E-state index in [2.05, 4.69) is 10.0 Å². The fourth-order valence-electron chi connectivity index (χ4n) is 1.02. The molecular formula is C7H16N2O4S. The van der Waals surface area contributed by atoms with Crippen LogP contribution in [0.25, 0.3) is 0 Å². The Bertz CT molecular complexity index is 297. The molecule has 84 valence electrons. The van der Waals surface area contributed by atoms with E-state index in [0.29, 0.717) is 0 Å². The van der Waals surface area contributed by atoms with Gasteiger partial charge in [-0.15, -0.1) is 0 Å². The highest BCUT2D eigenvalue weighted by Gasteiger charge is 2.21. The predicted octanol–water partition coefficient (Wildman–Crippen LogP) is -1.01. The summed E-state index contributed by atoms with van der Waals surface area (Å²) in [6.07, 6.45) is 1.06. The molecule has 0 aromatic rings. The van der Waals surface area contributed by atoms with E-state index in [0.717, 1.165) is 6.26 Å². The Balaban J connectivity index is 4.02. The molecule has 3 N–H and O–H groups in total. The number of carboxylic acids is 1. The molecule has 0 saturated carbocycles. The Kier molecular flexibility index (Phi) is 4.50. The van der Waals surface area contributed by atoms with Crippen molar-refractivity contribution in [3.63, 3.8) is 0 Å². The zero-order valence-corrected chi connectivity index (χ0v) is 9.31. The van der Waals surface area contributed by atoms with Gasteiger partial charge in [0.2, 0.25) is 10.0 Å². The van der Waals surface area contributed by atoms with E-state index in [1.165, 1.54) is 0 Å². The van der Waals surface area contributed by atoms with Crippen LogP contribution in [0.3, 0.4) is 0 Å². The lowest BCUT2D eigenvalue weighted by atomic mass is 10.1. The van der Waals surface area contributed by atoms with Crippen molar-refractivity contribution in [2.75, 3.05) is 19.3 Å². The van der Waals surface area contributed by atoms with Gasteiger partial charge < -0.3 is 10.4 Å². The number of hydrogen-bond acceptors (Lipinski definition) is 4. The standard InChI is InChI=1S/C7H16N2O4S/c1-7(2,9-14(3,12)13)5-8-4-6(10)11/h8-9H,4-5H2,1-3H3,(H,10,11). The lowest BCUT2D eigenvalue weighted by Gasteiger charge is -2.24. The van der Waals surface area contributed by atoms with Crippen molar-refractivity contribution < 1.29 is 18.3 Å². The highest BCUT2D eigenvalue weighted by atomic mass is 32.2. The minimum absolute atomic E-state index is 0.186. The summed E-state index contributed by atoms with van der Waals surface area (Å²) in [6.45, 7) is 3.41. The average Bonchev–Trinajstić information content (AvgIpc) is 1.78. The minimum Gasteiger partial charge on any atom is -0.480 e. The van der Waals surface area contributed by atoms with Crippen molar-refractivity contribution in [3.8, 4) is 0 Å². The maximum atomic E-state index is 10.9. The third-order valence-corrected chi connectivity index (χ3v) is 2.23. The van der Waals surface area contributed by atoms with Crippen LogP contribution in [0, 0.1) is 0 Å². The van der Waals surface area contributed by atoms with Crippen LogP contribution in [0.1, 0.15) is 13.8 Å². The molecule has 6 nitrogen and oxygen atoms in total. The SMILES string of the molecule is CC(C)(CNCC(=O)O)NS(C)(=O)=O. The summed E-state index contributed by atoms with van der Waals surface area (Å²) in [6, 6.07) is 0. The van der Waals surface area contributed by atoms with Gasteiger partial charge in [-0.1, -0.05) is 0 Å². The maximum absolute atomic E-state index is 10.9. The molecule has 0 aromatic heterocycles. The van der Waals surface area contributed by atoms with E-state index in [1.54, 1.807) is 13.8 Å². The van der Waals surface area contributed by atoms with E-state index in [9.17, 15) is 13.2 Å². The molecule has 0 spiro atoms. The molecule has 0 fully saturated rings. The first-order valence-electron chi connectivity index (χ1n) is 4.04. The van der Waals surface area contributed by atoms with Crippen molar-refractivity contribution in [2.24, 2.45) is 0 Å². The number of nitrogens with one attached hydrogen (secondary N) is 2. The number of carbonyl (C=O) groups is 1. The molecule has 0 heterocycles. The fraction of sp³-hybridized carbons (Fsp3) is 0.857. The van der Waals surface area contributed by atoms with Gasteiger partial charge in [0.25, 0.3) is 0 Å². The van der Waals surface area contributed by atoms with Crippen molar-refractivity contribution in [2.45, 2.75) is 19.4 Å². The van der Waals surface area contributed by atoms with Crippen molar-refractivity contribution in [1.82, 2.24) is 10.0 Å². The van der Waals surface area contributed by atoms with Crippen LogP contribution in [-0.4, -0.2) is 44.4 Å². The number of aliphatic carboxylic acids is 1. The Hall–Kier alpha value is -0.660. The van der Waals surface area contributed by atoms with Gasteiger partial charge in [0.1, 0.15) is 0 Å². The number of carboxylic acid groups (broad SMARTS) is 1. The lowest BCUT2D eigenvalue weighted by Crippen LogP contribution is -2.50. The van der Waals surface area contributed by atoms with Gasteiger partial charge in [0.05, 0.1) is 12.8 Å². The molecule has 0 aliphatic rings. The van der Waals surface area contributed by atoms with E-state index in [-0.39, 0.29) is 13.1 Å². The topological polar surface area (TPSA) is 95.5 Å². The maximum Gasteiger partial charge on any atom is 0.317 e. The molecule has 0 aromatic carbocycles. The normalized spacial score (nSPS) is 12.8. The van der Waals surface area contributed by atoms with Gasteiger partial charge >= 0.3 is 5.97 Å². The summed E-state index contributed by atoms with van der Waals surface area (Å²) in [5.41, 5.74) is -0.691. The Labute approximate surface area is 83.7 Å². The molecule has 0 amide bonds. The smallest absolute Gasteiger partial charge is 0.317 e. The quantitative estimate of drug-likeness (QED) is 0.537. The zero-order valence-electron chi connectivity index (χ0n) is 8.49. The molecule has 14 heavy (non-hydrogen) atoms. The molecule has 0 saturated heterocycles. The Morgan fingerprint density at radius 1 is 1.43 bits per heavy atom. The Morgan fingerprint density at radius 3 is 2.29 bits per heavy atom. The monoisotopic (exact) mass is 224 g/mol. The Morgan fingerprint density at radius 2 is 1.93 bits per heavy atom. The molecule has 0 aliphatic carbocycles. The van der Waals surface area contributed by atoms with E-state index >= 15 is 0 Å². The molecule has 0 rings (SSSR count). The molecule has 0 bridgehead atoms. The molecule has 0 unspecified atom stereocenters. The first-order valence-corrected chi connectivity index (χ1v) is 5.93. The zero-order chi connectivity index (χ0) is 11.4. The highest BCUT2D eigenvalue weighted by molar-refractivity contribution is 7.88. The molecule has 0 radical (unpaired) electrons. The predicted molar refractivity (Wildman–Crippen MR) is 52.6 cm³/mol. The molecular weight excluding hydrogens is 208 g/mol. The summed E-state index contributed by atoms with van der Waals surface area (Å²) in [5, 5.41) is 11.0. The van der Waals surface area contributed by atoms with Gasteiger partial charge in [-0.2, -0.15) is 0 Å². The van der Waals surface area contributed by atoms with E-state index in [4.69, 9.17) is 5.11 Å². The van der Waals surface area contributed by atoms with Crippen molar-refractivity contribution >= 4 is 16.0 Å². The van der Waals surface area contributed by atoms with E-state index in [1.807, 2.05) is 0 Å². The van der Waals surface area contributed by atoms with Crippen LogP contribution < -0.4 is 10.0 Å². The number of hydrogen-bond donors (Lipinski definition) is 3. The van der Waals surface area contributed by atoms with Gasteiger partial charge in [-0.05, 0) is 13.8 Å². The molecule has 7 heteroatoms. The number of rotatable bonds is 6. The summed E-state index contributed by atoms with van der Waals surface area (Å²) in [4.78, 5) is 10.2. The highest BCUT2D eigenvalue weighted by Crippen LogP contribution is 2.01. The largest absolute Gasteiger partial charge is 0.480 e. The summed E-state index contributed by atoms with van der Waals surface area (Å²) < 4.78 is 24.2. The van der Waals surface area contributed by atoms with Gasteiger partial charge in [0.15, 0.2) is 0 Å². The number of sulfonamides is 1. The van der Waals surface area contributed by atoms with Crippen LogP contribution >= 0.6 is 0 Å². The second-order valence-electron chi connectivity index (χ2n) is 3.76. The van der Waals surface area contributed by atoms with Crippen LogP contribution in [0.2, 0.25) is 0 Å². The average molecular weight is 224 g/mol. The third kappa shape index (κ3) is 7.96.